The molecule has 1 fully saturated rings. The predicted octanol–water partition coefficient (Wildman–Crippen LogP) is 4.65. The van der Waals surface area contributed by atoms with E-state index in [1.54, 1.807) is 18.3 Å². The van der Waals surface area contributed by atoms with Crippen molar-refractivity contribution in [1.29, 1.82) is 0 Å². The largest absolute Gasteiger partial charge is 0.497 e. The molecule has 0 unspecified atom stereocenters. The number of benzene rings is 2. The Kier molecular flexibility index (Phi) is 6.94. The molecule has 34 heavy (non-hydrogen) atoms. The van der Waals surface area contributed by atoms with Crippen LogP contribution in [0.4, 0.5) is 4.79 Å². The molecule has 3 aromatic rings. The number of nitrogens with zero attached hydrogens (tertiary/aromatic N) is 3. The molecular formula is C25H31BClN3O4. The lowest BCUT2D eigenvalue weighted by Crippen LogP contribution is -2.41. The van der Waals surface area contributed by atoms with Crippen LogP contribution in [0.25, 0.3) is 11.0 Å². The zero-order chi connectivity index (χ0) is 24.5. The second-order valence-corrected chi connectivity index (χ2v) is 10.1. The van der Waals surface area contributed by atoms with Gasteiger partial charge in [0.1, 0.15) is 6.61 Å². The molecule has 2 aromatic carbocycles. The van der Waals surface area contributed by atoms with E-state index in [0.717, 1.165) is 28.5 Å². The summed E-state index contributed by atoms with van der Waals surface area (Å²) in [7, 11) is 1.20. The molecule has 1 aliphatic rings. The lowest BCUT2D eigenvalue weighted by atomic mass is 9.78. The summed E-state index contributed by atoms with van der Waals surface area (Å²) in [4.78, 5) is 18.5. The Morgan fingerprint density at radius 1 is 1.15 bits per heavy atom. The Labute approximate surface area is 206 Å². The zero-order valence-electron chi connectivity index (χ0n) is 20.4. The third kappa shape index (κ3) is 5.09. The van der Waals surface area contributed by atoms with E-state index < -0.39 is 18.3 Å². The topological polar surface area (TPSA) is 65.8 Å². The Balaban J connectivity index is 1.42. The van der Waals surface area contributed by atoms with Gasteiger partial charge in [0.25, 0.3) is 0 Å². The van der Waals surface area contributed by atoms with Gasteiger partial charge in [-0.2, -0.15) is 0 Å². The average Bonchev–Trinajstić information content (AvgIpc) is 3.28. The molecule has 1 aromatic heterocycles. The molecular weight excluding hydrogens is 453 g/mol. The molecule has 7 nitrogen and oxygen atoms in total. The normalized spacial score (nSPS) is 16.7. The van der Waals surface area contributed by atoms with Crippen LogP contribution < -0.4 is 5.46 Å². The smallest absolute Gasteiger partial charge is 0.445 e. The molecule has 1 saturated heterocycles. The minimum atomic E-state index is -0.544. The van der Waals surface area contributed by atoms with Gasteiger partial charge in [0, 0.05) is 30.6 Å². The fourth-order valence-corrected chi connectivity index (χ4v) is 4.15. The van der Waals surface area contributed by atoms with Crippen molar-refractivity contribution in [2.24, 2.45) is 0 Å². The van der Waals surface area contributed by atoms with E-state index in [1.165, 1.54) is 0 Å². The number of aryl methyl sites for hydroxylation is 1. The minimum absolute atomic E-state index is 0.258. The van der Waals surface area contributed by atoms with Crippen LogP contribution in [0.1, 0.15) is 39.7 Å². The maximum atomic E-state index is 12.3. The van der Waals surface area contributed by atoms with Crippen LogP contribution in [-0.2, 0) is 27.2 Å². The van der Waals surface area contributed by atoms with Gasteiger partial charge in [-0.1, -0.05) is 41.9 Å². The van der Waals surface area contributed by atoms with E-state index in [9.17, 15) is 4.79 Å². The summed E-state index contributed by atoms with van der Waals surface area (Å²) in [6, 6.07) is 13.4. The van der Waals surface area contributed by atoms with Crippen LogP contribution in [0.3, 0.4) is 0 Å². The van der Waals surface area contributed by atoms with E-state index in [0.29, 0.717) is 18.1 Å². The highest BCUT2D eigenvalue weighted by Crippen LogP contribution is 2.37. The first-order chi connectivity index (χ1) is 16.1. The van der Waals surface area contributed by atoms with Crippen LogP contribution in [0, 0.1) is 0 Å². The van der Waals surface area contributed by atoms with E-state index >= 15 is 0 Å². The molecule has 2 heterocycles. The van der Waals surface area contributed by atoms with Crippen molar-refractivity contribution in [3.63, 3.8) is 0 Å². The van der Waals surface area contributed by atoms with Crippen LogP contribution in [-0.4, -0.2) is 52.5 Å². The van der Waals surface area contributed by atoms with Crippen LogP contribution >= 0.6 is 11.6 Å². The molecule has 180 valence electrons. The van der Waals surface area contributed by atoms with Gasteiger partial charge in [0.05, 0.1) is 28.6 Å². The summed E-state index contributed by atoms with van der Waals surface area (Å²) >= 11 is 6.39. The van der Waals surface area contributed by atoms with E-state index in [2.05, 4.69) is 9.55 Å². The monoisotopic (exact) mass is 483 g/mol. The second-order valence-electron chi connectivity index (χ2n) is 9.70. The van der Waals surface area contributed by atoms with E-state index in [-0.39, 0.29) is 12.7 Å². The molecule has 1 amide bonds. The lowest BCUT2D eigenvalue weighted by Gasteiger charge is -2.32. The van der Waals surface area contributed by atoms with Gasteiger partial charge in [0.15, 0.2) is 0 Å². The standard InChI is InChI=1S/C25H31BClN3O4/c1-24(2)25(3,4)34-26(33-24)20-14-19(27)15-21-22(20)30(17-28-21)13-9-12-29(5)23(31)32-16-18-10-7-6-8-11-18/h6-8,10-11,14-15,17H,9,12-13,16H2,1-5H3. The van der Waals surface area contributed by atoms with Crippen molar-refractivity contribution >= 4 is 41.3 Å². The summed E-state index contributed by atoms with van der Waals surface area (Å²) in [5, 5.41) is 0.586. The average molecular weight is 484 g/mol. The van der Waals surface area contributed by atoms with Crippen LogP contribution in [0.15, 0.2) is 48.8 Å². The molecule has 9 heteroatoms. The van der Waals surface area contributed by atoms with Gasteiger partial charge in [-0.05, 0) is 51.8 Å². The first-order valence-corrected chi connectivity index (χ1v) is 11.9. The summed E-state index contributed by atoms with van der Waals surface area (Å²) in [6.07, 6.45) is 2.18. The van der Waals surface area contributed by atoms with Gasteiger partial charge in [-0.3, -0.25) is 0 Å². The predicted molar refractivity (Wildman–Crippen MR) is 134 cm³/mol. The molecule has 0 spiro atoms. The molecule has 0 radical (unpaired) electrons. The molecule has 0 bridgehead atoms. The molecule has 1 aliphatic heterocycles. The fraction of sp³-hybridized carbons (Fsp3) is 0.440. The molecule has 0 atom stereocenters. The van der Waals surface area contributed by atoms with Crippen molar-refractivity contribution in [3.8, 4) is 0 Å². The van der Waals surface area contributed by atoms with E-state index in [4.69, 9.17) is 25.6 Å². The Morgan fingerprint density at radius 2 is 1.82 bits per heavy atom. The lowest BCUT2D eigenvalue weighted by molar-refractivity contribution is 0.00578. The van der Waals surface area contributed by atoms with Crippen molar-refractivity contribution in [2.75, 3.05) is 13.6 Å². The summed E-state index contributed by atoms with van der Waals surface area (Å²) < 4.78 is 20.0. The number of aromatic nitrogens is 2. The van der Waals surface area contributed by atoms with E-state index in [1.807, 2.05) is 70.2 Å². The molecule has 0 aliphatic carbocycles. The van der Waals surface area contributed by atoms with Gasteiger partial charge >= 0.3 is 13.2 Å². The summed E-state index contributed by atoms with van der Waals surface area (Å²) in [6.45, 7) is 9.58. The first-order valence-electron chi connectivity index (χ1n) is 11.5. The second kappa shape index (κ2) is 9.60. The first kappa shape index (κ1) is 24.6. The maximum absolute atomic E-state index is 12.3. The van der Waals surface area contributed by atoms with Gasteiger partial charge in [-0.25, -0.2) is 9.78 Å². The van der Waals surface area contributed by atoms with Crippen molar-refractivity contribution in [3.05, 3.63) is 59.4 Å². The van der Waals surface area contributed by atoms with Crippen LogP contribution in [0.2, 0.25) is 5.02 Å². The Bertz CT molecular complexity index is 1150. The zero-order valence-corrected chi connectivity index (χ0v) is 21.1. The fourth-order valence-electron chi connectivity index (χ4n) is 3.92. The number of hydrogen-bond acceptors (Lipinski definition) is 5. The number of hydrogen-bond donors (Lipinski definition) is 0. The third-order valence-corrected chi connectivity index (χ3v) is 6.84. The maximum Gasteiger partial charge on any atom is 0.497 e. The number of imidazole rings is 1. The number of rotatable bonds is 7. The molecule has 0 N–H and O–H groups in total. The SMILES string of the molecule is CN(CCCn1cnc2cc(Cl)cc(B3OC(C)(C)C(C)(C)O3)c21)C(=O)OCc1ccccc1. The number of fused-ring (bicyclic) bond motifs is 1. The van der Waals surface area contributed by atoms with Gasteiger partial charge < -0.3 is 23.5 Å². The summed E-state index contributed by atoms with van der Waals surface area (Å²) in [5.74, 6) is 0. The Morgan fingerprint density at radius 3 is 2.50 bits per heavy atom. The highest BCUT2D eigenvalue weighted by atomic mass is 35.5. The highest BCUT2D eigenvalue weighted by molar-refractivity contribution is 6.65. The Hall–Kier alpha value is -2.55. The highest BCUT2D eigenvalue weighted by Gasteiger charge is 2.52. The number of carbonyl (C=O) groups is 1. The van der Waals surface area contributed by atoms with Gasteiger partial charge in [-0.15, -0.1) is 0 Å². The number of halogens is 1. The third-order valence-electron chi connectivity index (χ3n) is 6.62. The summed E-state index contributed by atoms with van der Waals surface area (Å²) in [5.41, 5.74) is 2.61. The molecule has 0 saturated carbocycles. The van der Waals surface area contributed by atoms with Crippen molar-refractivity contribution < 1.29 is 18.8 Å². The van der Waals surface area contributed by atoms with Crippen molar-refractivity contribution in [2.45, 2.75) is 58.5 Å². The number of ether oxygens (including phenoxy) is 1. The molecule has 4 rings (SSSR count). The number of amides is 1. The van der Waals surface area contributed by atoms with Gasteiger partial charge in [0.2, 0.25) is 0 Å². The number of carbonyl (C=O) groups excluding carboxylic acids is 1. The minimum Gasteiger partial charge on any atom is -0.445 e. The quantitative estimate of drug-likeness (QED) is 0.458. The van der Waals surface area contributed by atoms with Crippen LogP contribution in [0.5, 0.6) is 0 Å². The van der Waals surface area contributed by atoms with Crippen molar-refractivity contribution in [1.82, 2.24) is 14.5 Å².